The number of amides is 1. The van der Waals surface area contributed by atoms with Crippen molar-refractivity contribution < 1.29 is 4.79 Å². The van der Waals surface area contributed by atoms with Gasteiger partial charge in [0, 0.05) is 18.0 Å². The van der Waals surface area contributed by atoms with Gasteiger partial charge in [0.05, 0.1) is 11.9 Å². The van der Waals surface area contributed by atoms with E-state index in [1.54, 1.807) is 11.3 Å². The molecular formula is C18H27N5OS. The number of likely N-dealkylation sites (tertiary alicyclic amines) is 1. The molecule has 0 radical (unpaired) electrons. The zero-order valence-electron chi connectivity index (χ0n) is 15.7. The van der Waals surface area contributed by atoms with Gasteiger partial charge < -0.3 is 15.1 Å². The highest BCUT2D eigenvalue weighted by Gasteiger charge is 2.24. The summed E-state index contributed by atoms with van der Waals surface area (Å²) < 4.78 is 0. The molecule has 0 aliphatic carbocycles. The molecule has 3 heterocycles. The van der Waals surface area contributed by atoms with E-state index >= 15 is 0 Å². The molecule has 0 atom stereocenters. The number of likely N-dealkylation sites (N-methyl/N-ethyl adjacent to an activating group) is 1. The lowest BCUT2D eigenvalue weighted by Gasteiger charge is -2.35. The maximum atomic E-state index is 12.6. The number of rotatable bonds is 4. The van der Waals surface area contributed by atoms with Crippen LogP contribution < -0.4 is 5.32 Å². The van der Waals surface area contributed by atoms with Crippen molar-refractivity contribution in [2.45, 2.75) is 39.7 Å². The summed E-state index contributed by atoms with van der Waals surface area (Å²) in [6.45, 7) is 8.44. The minimum Gasteiger partial charge on any atom is -0.360 e. The maximum absolute atomic E-state index is 12.6. The molecular weight excluding hydrogens is 334 g/mol. The normalized spacial score (nSPS) is 16.4. The minimum absolute atomic E-state index is 0.114. The number of carbonyl (C=O) groups is 1. The van der Waals surface area contributed by atoms with Crippen molar-refractivity contribution in [3.63, 3.8) is 0 Å². The van der Waals surface area contributed by atoms with E-state index < -0.39 is 0 Å². The van der Waals surface area contributed by atoms with Gasteiger partial charge in [-0.25, -0.2) is 9.97 Å². The van der Waals surface area contributed by atoms with E-state index in [-0.39, 0.29) is 12.5 Å². The largest absolute Gasteiger partial charge is 0.360 e. The van der Waals surface area contributed by atoms with E-state index in [1.807, 2.05) is 18.9 Å². The first-order valence-electron chi connectivity index (χ1n) is 8.79. The Labute approximate surface area is 153 Å². The van der Waals surface area contributed by atoms with Crippen molar-refractivity contribution in [2.24, 2.45) is 0 Å². The second-order valence-electron chi connectivity index (χ2n) is 6.98. The van der Waals surface area contributed by atoms with Gasteiger partial charge in [-0.3, -0.25) is 4.79 Å². The highest BCUT2D eigenvalue weighted by Crippen LogP contribution is 2.33. The second kappa shape index (κ2) is 7.25. The van der Waals surface area contributed by atoms with E-state index in [2.05, 4.69) is 41.1 Å². The third-order valence-corrected chi connectivity index (χ3v) is 6.28. The quantitative estimate of drug-likeness (QED) is 0.907. The highest BCUT2D eigenvalue weighted by atomic mass is 32.1. The van der Waals surface area contributed by atoms with Gasteiger partial charge in [-0.2, -0.15) is 0 Å². The van der Waals surface area contributed by atoms with Crippen molar-refractivity contribution in [1.82, 2.24) is 19.8 Å². The summed E-state index contributed by atoms with van der Waals surface area (Å²) in [6, 6.07) is 0.336. The van der Waals surface area contributed by atoms with Gasteiger partial charge in [0.1, 0.15) is 16.5 Å². The average molecular weight is 362 g/mol. The molecule has 136 valence electrons. The zero-order chi connectivity index (χ0) is 18.1. The van der Waals surface area contributed by atoms with Crippen LogP contribution in [0.25, 0.3) is 10.2 Å². The summed E-state index contributed by atoms with van der Waals surface area (Å²) in [7, 11) is 4.05. The van der Waals surface area contributed by atoms with Crippen LogP contribution in [-0.4, -0.2) is 65.4 Å². The predicted molar refractivity (Wildman–Crippen MR) is 103 cm³/mol. The van der Waals surface area contributed by atoms with Crippen LogP contribution in [0, 0.1) is 20.8 Å². The number of hydrogen-bond acceptors (Lipinski definition) is 6. The molecule has 0 aromatic carbocycles. The van der Waals surface area contributed by atoms with E-state index in [9.17, 15) is 4.79 Å². The standard InChI is InChI=1S/C18H27N5OS/c1-11-12(2)25-18-16(11)17(20-13(3)21-18)19-10-15(24)23(5)14-6-8-22(4)9-7-14/h14H,6-10H2,1-5H3,(H,19,20,21). The Balaban J connectivity index is 1.71. The molecule has 1 amide bonds. The number of anilines is 1. The van der Waals surface area contributed by atoms with Crippen LogP contribution in [0.4, 0.5) is 5.82 Å². The van der Waals surface area contributed by atoms with Crippen LogP contribution in [0.15, 0.2) is 0 Å². The molecule has 3 rings (SSSR count). The van der Waals surface area contributed by atoms with Crippen LogP contribution in [-0.2, 0) is 4.79 Å². The van der Waals surface area contributed by atoms with E-state index in [1.165, 1.54) is 10.4 Å². The highest BCUT2D eigenvalue weighted by molar-refractivity contribution is 7.18. The average Bonchev–Trinajstić information content (AvgIpc) is 2.86. The first-order chi connectivity index (χ1) is 11.9. The molecule has 2 aromatic heterocycles. The fourth-order valence-corrected chi connectivity index (χ4v) is 4.43. The van der Waals surface area contributed by atoms with Crippen molar-refractivity contribution in [1.29, 1.82) is 0 Å². The Bertz CT molecular complexity index is 779. The maximum Gasteiger partial charge on any atom is 0.241 e. The van der Waals surface area contributed by atoms with Crippen molar-refractivity contribution in [3.05, 3.63) is 16.3 Å². The summed E-state index contributed by atoms with van der Waals surface area (Å²) in [6.07, 6.45) is 2.08. The Morgan fingerprint density at radius 3 is 2.64 bits per heavy atom. The smallest absolute Gasteiger partial charge is 0.241 e. The number of nitrogens with zero attached hydrogens (tertiary/aromatic N) is 4. The Kier molecular flexibility index (Phi) is 5.24. The zero-order valence-corrected chi connectivity index (χ0v) is 16.5. The second-order valence-corrected chi connectivity index (χ2v) is 8.18. The SMILES string of the molecule is Cc1nc(NCC(=O)N(C)C2CCN(C)CC2)c2c(C)c(C)sc2n1. The van der Waals surface area contributed by atoms with Gasteiger partial charge >= 0.3 is 0 Å². The molecule has 1 aliphatic heterocycles. The third-order valence-electron chi connectivity index (χ3n) is 5.18. The minimum atomic E-state index is 0.114. The van der Waals surface area contributed by atoms with E-state index in [0.29, 0.717) is 6.04 Å². The summed E-state index contributed by atoms with van der Waals surface area (Å²) >= 11 is 1.68. The summed E-state index contributed by atoms with van der Waals surface area (Å²) in [5, 5.41) is 4.31. The van der Waals surface area contributed by atoms with Crippen molar-refractivity contribution >= 4 is 33.3 Å². The summed E-state index contributed by atoms with van der Waals surface area (Å²) in [5.41, 5.74) is 1.19. The number of fused-ring (bicyclic) bond motifs is 1. The molecule has 0 bridgehead atoms. The van der Waals surface area contributed by atoms with Gasteiger partial charge in [-0.05, 0) is 59.3 Å². The van der Waals surface area contributed by atoms with Crippen LogP contribution in [0.1, 0.15) is 29.1 Å². The summed E-state index contributed by atoms with van der Waals surface area (Å²) in [4.78, 5) is 28.1. The number of hydrogen-bond donors (Lipinski definition) is 1. The fourth-order valence-electron chi connectivity index (χ4n) is 3.35. The van der Waals surface area contributed by atoms with Crippen LogP contribution in [0.5, 0.6) is 0 Å². The topological polar surface area (TPSA) is 61.4 Å². The van der Waals surface area contributed by atoms with Gasteiger partial charge in [0.25, 0.3) is 0 Å². The molecule has 7 heteroatoms. The van der Waals surface area contributed by atoms with Crippen molar-refractivity contribution in [2.75, 3.05) is 39.0 Å². The lowest BCUT2D eigenvalue weighted by atomic mass is 10.0. The number of thiophene rings is 1. The van der Waals surface area contributed by atoms with Gasteiger partial charge in [0.15, 0.2) is 0 Å². The van der Waals surface area contributed by atoms with Crippen molar-refractivity contribution in [3.8, 4) is 0 Å². The van der Waals surface area contributed by atoms with Crippen LogP contribution >= 0.6 is 11.3 Å². The Morgan fingerprint density at radius 2 is 1.96 bits per heavy atom. The Hall–Kier alpha value is -1.73. The van der Waals surface area contributed by atoms with Crippen LogP contribution in [0.3, 0.4) is 0 Å². The fraction of sp³-hybridized carbons (Fsp3) is 0.611. The lowest BCUT2D eigenvalue weighted by Crippen LogP contribution is -2.46. The number of aromatic nitrogens is 2. The predicted octanol–water partition coefficient (Wildman–Crippen LogP) is 2.58. The summed E-state index contributed by atoms with van der Waals surface area (Å²) in [5.74, 6) is 1.62. The third kappa shape index (κ3) is 3.77. The molecule has 0 unspecified atom stereocenters. The number of nitrogens with one attached hydrogen (secondary N) is 1. The Morgan fingerprint density at radius 1 is 1.28 bits per heavy atom. The van der Waals surface area contributed by atoms with Gasteiger partial charge in [0.2, 0.25) is 5.91 Å². The lowest BCUT2D eigenvalue weighted by molar-refractivity contribution is -0.130. The van der Waals surface area contributed by atoms with E-state index in [0.717, 1.165) is 47.8 Å². The molecule has 6 nitrogen and oxygen atoms in total. The monoisotopic (exact) mass is 361 g/mol. The first-order valence-corrected chi connectivity index (χ1v) is 9.61. The van der Waals surface area contributed by atoms with E-state index in [4.69, 9.17) is 0 Å². The molecule has 1 saturated heterocycles. The van der Waals surface area contributed by atoms with Crippen LogP contribution in [0.2, 0.25) is 0 Å². The molecule has 1 N–H and O–H groups in total. The molecule has 0 saturated carbocycles. The number of carbonyl (C=O) groups excluding carboxylic acids is 1. The number of aryl methyl sites for hydroxylation is 3. The molecule has 2 aromatic rings. The first kappa shape index (κ1) is 18.1. The van der Waals surface area contributed by atoms with Gasteiger partial charge in [-0.1, -0.05) is 0 Å². The van der Waals surface area contributed by atoms with Gasteiger partial charge in [-0.15, -0.1) is 11.3 Å². The number of piperidine rings is 1. The molecule has 25 heavy (non-hydrogen) atoms. The molecule has 1 aliphatic rings. The molecule has 0 spiro atoms. The molecule has 1 fully saturated rings.